The smallest absolute Gasteiger partial charge is 0.377 e. The molecule has 1 aromatic carbocycles. The summed E-state index contributed by atoms with van der Waals surface area (Å²) < 4.78 is 37.7. The van der Waals surface area contributed by atoms with Gasteiger partial charge in [0.05, 0.1) is 11.6 Å². The second-order valence-corrected chi connectivity index (χ2v) is 4.37. The van der Waals surface area contributed by atoms with Crippen molar-refractivity contribution in [2.45, 2.75) is 6.18 Å². The van der Waals surface area contributed by atoms with Gasteiger partial charge in [-0.1, -0.05) is 0 Å². The van der Waals surface area contributed by atoms with Crippen molar-refractivity contribution < 1.29 is 13.2 Å². The van der Waals surface area contributed by atoms with E-state index in [1.54, 1.807) is 31.1 Å². The zero-order valence-electron chi connectivity index (χ0n) is 10.8. The lowest BCUT2D eigenvalue weighted by atomic mass is 10.1. The normalized spacial score (nSPS) is 11.2. The van der Waals surface area contributed by atoms with E-state index in [2.05, 4.69) is 9.97 Å². The van der Waals surface area contributed by atoms with Gasteiger partial charge < -0.3 is 9.88 Å². The van der Waals surface area contributed by atoms with Gasteiger partial charge in [-0.05, 0) is 18.2 Å². The van der Waals surface area contributed by atoms with Crippen molar-refractivity contribution in [2.24, 2.45) is 0 Å². The fourth-order valence-electron chi connectivity index (χ4n) is 1.78. The maximum absolute atomic E-state index is 12.6. The van der Waals surface area contributed by atoms with Gasteiger partial charge in [-0.25, -0.2) is 4.98 Å². The Bertz CT molecular complexity index is 665. The number of H-pyrrole nitrogens is 1. The van der Waals surface area contributed by atoms with Crippen LogP contribution in [0.3, 0.4) is 0 Å². The van der Waals surface area contributed by atoms with Crippen molar-refractivity contribution >= 4 is 5.69 Å². The topological polar surface area (TPSA) is 55.7 Å². The summed E-state index contributed by atoms with van der Waals surface area (Å²) in [4.78, 5) is 7.80. The summed E-state index contributed by atoms with van der Waals surface area (Å²) in [5.74, 6) is 0.116. The predicted octanol–water partition coefficient (Wildman–Crippen LogP) is 3.03. The summed E-state index contributed by atoms with van der Waals surface area (Å²) in [5, 5.41) is 8.88. The van der Waals surface area contributed by atoms with E-state index >= 15 is 0 Å². The molecule has 20 heavy (non-hydrogen) atoms. The van der Waals surface area contributed by atoms with Gasteiger partial charge in [0.25, 0.3) is 0 Å². The van der Waals surface area contributed by atoms with Crippen LogP contribution >= 0.6 is 0 Å². The first kappa shape index (κ1) is 13.9. The van der Waals surface area contributed by atoms with Crippen LogP contribution in [-0.4, -0.2) is 24.1 Å². The van der Waals surface area contributed by atoms with Crippen LogP contribution < -0.4 is 4.90 Å². The average Bonchev–Trinajstić information content (AvgIpc) is 2.87. The minimum Gasteiger partial charge on any atom is -0.377 e. The second kappa shape index (κ2) is 4.89. The molecule has 0 aliphatic rings. The molecule has 0 fully saturated rings. The molecular weight excluding hydrogens is 269 g/mol. The van der Waals surface area contributed by atoms with Crippen LogP contribution in [0.25, 0.3) is 11.4 Å². The summed E-state index contributed by atoms with van der Waals surface area (Å²) in [6, 6.07) is 6.71. The number of halogens is 3. The van der Waals surface area contributed by atoms with Crippen LogP contribution in [0.5, 0.6) is 0 Å². The molecule has 0 saturated carbocycles. The zero-order valence-corrected chi connectivity index (χ0v) is 10.8. The number of hydrogen-bond acceptors (Lipinski definition) is 3. The zero-order chi connectivity index (χ0) is 14.9. The standard InChI is InChI=1S/C13H11F3N4/c1-20(2)10-5-8(6-17)3-4-9(10)12-18-7-11(19-12)13(14,15)16/h3-5,7H,1-2H3,(H,18,19). The van der Waals surface area contributed by atoms with Crippen molar-refractivity contribution in [2.75, 3.05) is 19.0 Å². The number of hydrogen-bond donors (Lipinski definition) is 1. The molecule has 0 aliphatic heterocycles. The number of nitrogens with one attached hydrogen (secondary N) is 1. The van der Waals surface area contributed by atoms with Crippen molar-refractivity contribution in [1.29, 1.82) is 5.26 Å². The van der Waals surface area contributed by atoms with Crippen LogP contribution in [0.2, 0.25) is 0 Å². The Balaban J connectivity index is 2.53. The Morgan fingerprint density at radius 1 is 1.30 bits per heavy atom. The Labute approximate surface area is 113 Å². The van der Waals surface area contributed by atoms with E-state index in [1.165, 1.54) is 6.07 Å². The van der Waals surface area contributed by atoms with Crippen molar-refractivity contribution in [3.63, 3.8) is 0 Å². The second-order valence-electron chi connectivity index (χ2n) is 4.37. The van der Waals surface area contributed by atoms with Gasteiger partial charge in [0.2, 0.25) is 0 Å². The Kier molecular flexibility index (Phi) is 3.40. The van der Waals surface area contributed by atoms with E-state index in [4.69, 9.17) is 5.26 Å². The molecule has 1 heterocycles. The molecule has 0 aliphatic carbocycles. The van der Waals surface area contributed by atoms with E-state index in [0.717, 1.165) is 6.20 Å². The summed E-state index contributed by atoms with van der Waals surface area (Å²) in [5.41, 5.74) is 0.582. The lowest BCUT2D eigenvalue weighted by molar-refractivity contribution is -0.140. The van der Waals surface area contributed by atoms with Gasteiger partial charge in [-0.2, -0.15) is 18.4 Å². The molecule has 1 aromatic heterocycles. The maximum atomic E-state index is 12.6. The van der Waals surface area contributed by atoms with E-state index in [9.17, 15) is 13.2 Å². The van der Waals surface area contributed by atoms with E-state index in [1.807, 2.05) is 6.07 Å². The van der Waals surface area contributed by atoms with Gasteiger partial charge in [0.1, 0.15) is 5.82 Å². The monoisotopic (exact) mass is 280 g/mol. The number of nitriles is 1. The molecule has 0 unspecified atom stereocenters. The molecule has 2 aromatic rings. The lowest BCUT2D eigenvalue weighted by Crippen LogP contribution is -2.10. The predicted molar refractivity (Wildman–Crippen MR) is 68.1 cm³/mol. The first-order chi connectivity index (χ1) is 9.32. The summed E-state index contributed by atoms with van der Waals surface area (Å²) in [6.45, 7) is 0. The molecule has 1 N–H and O–H groups in total. The molecule has 0 atom stereocenters. The first-order valence-corrected chi connectivity index (χ1v) is 5.67. The van der Waals surface area contributed by atoms with Crippen molar-refractivity contribution in [3.05, 3.63) is 35.7 Å². The van der Waals surface area contributed by atoms with Crippen LogP contribution in [-0.2, 0) is 6.18 Å². The highest BCUT2D eigenvalue weighted by Gasteiger charge is 2.34. The number of aromatic amines is 1. The summed E-state index contributed by atoms with van der Waals surface area (Å²) in [7, 11) is 3.49. The first-order valence-electron chi connectivity index (χ1n) is 5.67. The number of aromatic nitrogens is 2. The fourth-order valence-corrected chi connectivity index (χ4v) is 1.78. The van der Waals surface area contributed by atoms with Crippen molar-refractivity contribution in [1.82, 2.24) is 9.97 Å². The Hall–Kier alpha value is -2.49. The van der Waals surface area contributed by atoms with Gasteiger partial charge in [0.15, 0.2) is 5.69 Å². The Morgan fingerprint density at radius 2 is 2.00 bits per heavy atom. The van der Waals surface area contributed by atoms with E-state index in [-0.39, 0.29) is 5.82 Å². The number of anilines is 1. The molecule has 0 saturated heterocycles. The SMILES string of the molecule is CN(C)c1cc(C#N)ccc1-c1nc(C(F)(F)F)c[nH]1. The van der Waals surface area contributed by atoms with Gasteiger partial charge in [0, 0.05) is 31.5 Å². The molecule has 4 nitrogen and oxygen atoms in total. The van der Waals surface area contributed by atoms with Crippen LogP contribution in [0.15, 0.2) is 24.4 Å². The molecule has 0 radical (unpaired) electrons. The van der Waals surface area contributed by atoms with Crippen LogP contribution in [0.4, 0.5) is 18.9 Å². The van der Waals surface area contributed by atoms with Crippen LogP contribution in [0.1, 0.15) is 11.3 Å². The molecule has 104 valence electrons. The molecule has 2 rings (SSSR count). The van der Waals surface area contributed by atoms with Crippen molar-refractivity contribution in [3.8, 4) is 17.5 Å². The highest BCUT2D eigenvalue weighted by molar-refractivity contribution is 5.75. The maximum Gasteiger partial charge on any atom is 0.434 e. The van der Waals surface area contributed by atoms with Crippen LogP contribution in [0, 0.1) is 11.3 Å². The Morgan fingerprint density at radius 3 is 2.50 bits per heavy atom. The summed E-state index contributed by atoms with van der Waals surface area (Å²) >= 11 is 0. The van der Waals surface area contributed by atoms with Gasteiger partial charge >= 0.3 is 6.18 Å². The highest BCUT2D eigenvalue weighted by atomic mass is 19.4. The van der Waals surface area contributed by atoms with Gasteiger partial charge in [-0.15, -0.1) is 0 Å². The molecule has 7 heteroatoms. The van der Waals surface area contributed by atoms with E-state index < -0.39 is 11.9 Å². The fraction of sp³-hybridized carbons (Fsp3) is 0.231. The lowest BCUT2D eigenvalue weighted by Gasteiger charge is -2.16. The number of alkyl halides is 3. The molecular formula is C13H11F3N4. The summed E-state index contributed by atoms with van der Waals surface area (Å²) in [6.07, 6.45) is -3.66. The molecule has 0 spiro atoms. The number of rotatable bonds is 2. The average molecular weight is 280 g/mol. The number of nitrogens with zero attached hydrogens (tertiary/aromatic N) is 3. The van der Waals surface area contributed by atoms with E-state index in [0.29, 0.717) is 16.8 Å². The number of imidazole rings is 1. The third-order valence-electron chi connectivity index (χ3n) is 2.73. The number of benzene rings is 1. The minimum absolute atomic E-state index is 0.116. The quantitative estimate of drug-likeness (QED) is 0.920. The molecule has 0 amide bonds. The largest absolute Gasteiger partial charge is 0.434 e. The highest BCUT2D eigenvalue weighted by Crippen LogP contribution is 2.32. The van der Waals surface area contributed by atoms with Gasteiger partial charge in [-0.3, -0.25) is 0 Å². The third-order valence-corrected chi connectivity index (χ3v) is 2.73. The minimum atomic E-state index is -4.49. The molecule has 0 bridgehead atoms. The third kappa shape index (κ3) is 2.59.